The number of amides is 1. The second-order valence-electron chi connectivity index (χ2n) is 4.10. The van der Waals surface area contributed by atoms with Crippen LogP contribution in [0.3, 0.4) is 0 Å². The molecule has 5 heteroatoms. The summed E-state index contributed by atoms with van der Waals surface area (Å²) in [5, 5.41) is 1.82. The molecule has 2 N–H and O–H groups in total. The Morgan fingerprint density at radius 2 is 2.50 bits per heavy atom. The van der Waals surface area contributed by atoms with E-state index in [1.807, 2.05) is 10.3 Å². The number of carbonyl (C=O) groups excluding carboxylic acids is 1. The highest BCUT2D eigenvalue weighted by Crippen LogP contribution is 2.21. The van der Waals surface area contributed by atoms with Crippen molar-refractivity contribution in [1.29, 1.82) is 0 Å². The number of rotatable bonds is 3. The van der Waals surface area contributed by atoms with Crippen LogP contribution in [-0.2, 0) is 0 Å². The molecule has 2 rings (SSSR count). The minimum absolute atomic E-state index is 0.0689. The molecule has 0 radical (unpaired) electrons. The van der Waals surface area contributed by atoms with E-state index in [9.17, 15) is 4.79 Å². The van der Waals surface area contributed by atoms with Gasteiger partial charge >= 0.3 is 0 Å². The van der Waals surface area contributed by atoms with Gasteiger partial charge in [0.1, 0.15) is 5.69 Å². The first-order valence-electron chi connectivity index (χ1n) is 5.72. The van der Waals surface area contributed by atoms with Crippen LogP contribution in [-0.4, -0.2) is 34.9 Å². The molecule has 0 aromatic carbocycles. The van der Waals surface area contributed by atoms with Crippen molar-refractivity contribution in [2.75, 3.05) is 13.1 Å². The Balaban J connectivity index is 2.08. The largest absolute Gasteiger partial charge is 0.334 e. The average molecular weight is 239 g/mol. The summed E-state index contributed by atoms with van der Waals surface area (Å²) in [4.78, 5) is 18.2. The highest BCUT2D eigenvalue weighted by Gasteiger charge is 2.27. The molecule has 1 amide bonds. The Morgan fingerprint density at radius 3 is 3.19 bits per heavy atom. The molecular formula is C11H17N3OS. The van der Waals surface area contributed by atoms with Crippen LogP contribution < -0.4 is 5.73 Å². The molecule has 16 heavy (non-hydrogen) atoms. The summed E-state index contributed by atoms with van der Waals surface area (Å²) in [7, 11) is 0. The monoisotopic (exact) mass is 239 g/mol. The summed E-state index contributed by atoms with van der Waals surface area (Å²) in [5.41, 5.74) is 7.87. The van der Waals surface area contributed by atoms with Crippen LogP contribution in [0.2, 0.25) is 0 Å². The molecule has 0 spiro atoms. The molecule has 4 nitrogen and oxygen atoms in total. The van der Waals surface area contributed by atoms with Gasteiger partial charge in [0.25, 0.3) is 5.91 Å². The summed E-state index contributed by atoms with van der Waals surface area (Å²) >= 11 is 1.46. The first-order chi connectivity index (χ1) is 7.83. The number of thiazole rings is 1. The molecular weight excluding hydrogens is 222 g/mol. The molecule has 2 heterocycles. The first-order valence-corrected chi connectivity index (χ1v) is 6.66. The van der Waals surface area contributed by atoms with E-state index in [1.165, 1.54) is 17.8 Å². The zero-order chi connectivity index (χ0) is 11.4. The lowest BCUT2D eigenvalue weighted by Gasteiger charge is -2.35. The Kier molecular flexibility index (Phi) is 3.90. The third-order valence-electron chi connectivity index (χ3n) is 3.04. The van der Waals surface area contributed by atoms with Gasteiger partial charge in [-0.25, -0.2) is 4.98 Å². The van der Waals surface area contributed by atoms with Crippen molar-refractivity contribution >= 4 is 17.2 Å². The topological polar surface area (TPSA) is 59.2 Å². The number of hydrogen-bond donors (Lipinski definition) is 1. The van der Waals surface area contributed by atoms with E-state index >= 15 is 0 Å². The van der Waals surface area contributed by atoms with Gasteiger partial charge in [0.05, 0.1) is 5.51 Å². The molecule has 88 valence electrons. The van der Waals surface area contributed by atoms with Crippen molar-refractivity contribution < 1.29 is 4.79 Å². The maximum atomic E-state index is 12.2. The SMILES string of the molecule is NCCC1CCCCN1C(=O)c1cscn1. The van der Waals surface area contributed by atoms with Crippen molar-refractivity contribution in [3.63, 3.8) is 0 Å². The molecule has 0 aliphatic carbocycles. The van der Waals surface area contributed by atoms with Crippen molar-refractivity contribution in [2.24, 2.45) is 5.73 Å². The number of nitrogens with two attached hydrogens (primary N) is 1. The summed E-state index contributed by atoms with van der Waals surface area (Å²) < 4.78 is 0. The lowest BCUT2D eigenvalue weighted by Crippen LogP contribution is -2.44. The predicted octanol–water partition coefficient (Wildman–Crippen LogP) is 1.49. The molecule has 1 aromatic heterocycles. The van der Waals surface area contributed by atoms with E-state index in [0.717, 1.165) is 25.8 Å². The zero-order valence-electron chi connectivity index (χ0n) is 9.26. The predicted molar refractivity (Wildman–Crippen MR) is 64.5 cm³/mol. The van der Waals surface area contributed by atoms with E-state index in [-0.39, 0.29) is 5.91 Å². The van der Waals surface area contributed by atoms with Crippen molar-refractivity contribution in [3.05, 3.63) is 16.6 Å². The normalized spacial score (nSPS) is 21.1. The Bertz CT molecular complexity index is 337. The summed E-state index contributed by atoms with van der Waals surface area (Å²) in [6, 6.07) is 0.313. The second kappa shape index (κ2) is 5.41. The summed E-state index contributed by atoms with van der Waals surface area (Å²) in [6.07, 6.45) is 4.27. The fourth-order valence-corrected chi connectivity index (χ4v) is 2.75. The van der Waals surface area contributed by atoms with E-state index in [2.05, 4.69) is 4.98 Å². The van der Waals surface area contributed by atoms with E-state index in [0.29, 0.717) is 18.3 Å². The molecule has 1 unspecified atom stereocenters. The van der Waals surface area contributed by atoms with Crippen LogP contribution in [0.1, 0.15) is 36.2 Å². The number of nitrogens with zero attached hydrogens (tertiary/aromatic N) is 2. The zero-order valence-corrected chi connectivity index (χ0v) is 10.1. The fraction of sp³-hybridized carbons (Fsp3) is 0.636. The number of aromatic nitrogens is 1. The molecule has 1 atom stereocenters. The average Bonchev–Trinajstić information content (AvgIpc) is 2.83. The lowest BCUT2D eigenvalue weighted by atomic mass is 9.99. The summed E-state index contributed by atoms with van der Waals surface area (Å²) in [6.45, 7) is 1.49. The second-order valence-corrected chi connectivity index (χ2v) is 4.82. The summed E-state index contributed by atoms with van der Waals surface area (Å²) in [5.74, 6) is 0.0689. The quantitative estimate of drug-likeness (QED) is 0.869. The van der Waals surface area contributed by atoms with Gasteiger partial charge in [0, 0.05) is 18.0 Å². The van der Waals surface area contributed by atoms with Crippen molar-refractivity contribution in [3.8, 4) is 0 Å². The minimum Gasteiger partial charge on any atom is -0.334 e. The highest BCUT2D eigenvalue weighted by molar-refractivity contribution is 7.07. The Hall–Kier alpha value is -0.940. The first kappa shape index (κ1) is 11.5. The standard InChI is InChI=1S/C11H17N3OS/c12-5-4-9-3-1-2-6-14(9)11(15)10-7-16-8-13-10/h7-9H,1-6,12H2. The fourth-order valence-electron chi connectivity index (χ4n) is 2.23. The molecule has 1 fully saturated rings. The molecule has 1 aliphatic heterocycles. The Labute approximate surface area is 99.5 Å². The van der Waals surface area contributed by atoms with Gasteiger partial charge < -0.3 is 10.6 Å². The maximum Gasteiger partial charge on any atom is 0.273 e. The van der Waals surface area contributed by atoms with Crippen molar-refractivity contribution in [1.82, 2.24) is 9.88 Å². The van der Waals surface area contributed by atoms with Crippen LogP contribution in [0.15, 0.2) is 10.9 Å². The highest BCUT2D eigenvalue weighted by atomic mass is 32.1. The smallest absolute Gasteiger partial charge is 0.273 e. The van der Waals surface area contributed by atoms with Gasteiger partial charge in [0.2, 0.25) is 0 Å². The van der Waals surface area contributed by atoms with Gasteiger partial charge in [-0.1, -0.05) is 0 Å². The van der Waals surface area contributed by atoms with Crippen LogP contribution in [0, 0.1) is 0 Å². The van der Waals surface area contributed by atoms with E-state index in [1.54, 1.807) is 5.51 Å². The van der Waals surface area contributed by atoms with Gasteiger partial charge in [0.15, 0.2) is 0 Å². The number of hydrogen-bond acceptors (Lipinski definition) is 4. The number of carbonyl (C=O) groups is 1. The van der Waals surface area contributed by atoms with Gasteiger partial charge in [-0.05, 0) is 32.2 Å². The number of piperidine rings is 1. The molecule has 1 aliphatic rings. The van der Waals surface area contributed by atoms with Crippen LogP contribution in [0.25, 0.3) is 0 Å². The van der Waals surface area contributed by atoms with Gasteiger partial charge in [-0.2, -0.15) is 0 Å². The van der Waals surface area contributed by atoms with Crippen molar-refractivity contribution in [2.45, 2.75) is 31.7 Å². The number of likely N-dealkylation sites (tertiary alicyclic amines) is 1. The third kappa shape index (κ3) is 2.41. The molecule has 0 bridgehead atoms. The molecule has 0 saturated carbocycles. The van der Waals surface area contributed by atoms with Crippen LogP contribution in [0.4, 0.5) is 0 Å². The third-order valence-corrected chi connectivity index (χ3v) is 3.63. The van der Waals surface area contributed by atoms with E-state index < -0.39 is 0 Å². The van der Waals surface area contributed by atoms with Crippen LogP contribution >= 0.6 is 11.3 Å². The molecule has 1 saturated heterocycles. The van der Waals surface area contributed by atoms with Crippen LogP contribution in [0.5, 0.6) is 0 Å². The van der Waals surface area contributed by atoms with E-state index in [4.69, 9.17) is 5.73 Å². The maximum absolute atomic E-state index is 12.2. The molecule has 1 aromatic rings. The lowest BCUT2D eigenvalue weighted by molar-refractivity contribution is 0.0600. The van der Waals surface area contributed by atoms with Gasteiger partial charge in [-0.15, -0.1) is 11.3 Å². The Morgan fingerprint density at radius 1 is 1.62 bits per heavy atom. The van der Waals surface area contributed by atoms with Gasteiger partial charge in [-0.3, -0.25) is 4.79 Å². The minimum atomic E-state index is 0.0689.